The maximum Gasteiger partial charge on any atom is 0.265 e. The first-order valence-corrected chi connectivity index (χ1v) is 7.66. The van der Waals surface area contributed by atoms with Crippen LogP contribution < -0.4 is 5.32 Å². The monoisotopic (exact) mass is 391 g/mol. The minimum Gasteiger partial charge on any atom is -0.386 e. The van der Waals surface area contributed by atoms with Crippen LogP contribution in [0.1, 0.15) is 11.1 Å². The number of oxime groups is 1. The van der Waals surface area contributed by atoms with Gasteiger partial charge in [-0.1, -0.05) is 44.8 Å². The van der Waals surface area contributed by atoms with Gasteiger partial charge in [-0.2, -0.15) is 5.26 Å². The molecule has 5 nitrogen and oxygen atoms in total. The van der Waals surface area contributed by atoms with Crippen LogP contribution in [0.4, 0.5) is 5.69 Å². The number of anilines is 1. The molecule has 0 aliphatic rings. The Hall–Kier alpha value is -2.36. The summed E-state index contributed by atoms with van der Waals surface area (Å²) in [5, 5.41) is 15.7. The molecular weight excluding hydrogens is 382 g/mol. The lowest BCUT2D eigenvalue weighted by atomic mass is 10.2. The molecule has 7 heteroatoms. The number of rotatable bonds is 5. The van der Waals surface area contributed by atoms with Crippen molar-refractivity contribution in [2.24, 2.45) is 5.16 Å². The summed E-state index contributed by atoms with van der Waals surface area (Å²) < 4.78 is 0.963. The van der Waals surface area contributed by atoms with E-state index in [1.54, 1.807) is 6.07 Å². The van der Waals surface area contributed by atoms with Gasteiger partial charge in [0.2, 0.25) is 0 Å². The molecule has 0 saturated carbocycles. The molecule has 0 bridgehead atoms. The van der Waals surface area contributed by atoms with E-state index in [2.05, 4.69) is 26.4 Å². The molecule has 0 aromatic heterocycles. The first kappa shape index (κ1) is 17.0. The summed E-state index contributed by atoms with van der Waals surface area (Å²) in [4.78, 5) is 16.7. The zero-order chi connectivity index (χ0) is 16.7. The zero-order valence-corrected chi connectivity index (χ0v) is 14.1. The highest BCUT2D eigenvalue weighted by Gasteiger charge is 2.08. The van der Waals surface area contributed by atoms with Crippen LogP contribution in [0.15, 0.2) is 52.1 Å². The summed E-state index contributed by atoms with van der Waals surface area (Å²) in [5.74, 6) is -0.434. The van der Waals surface area contributed by atoms with Crippen molar-refractivity contribution in [2.75, 3.05) is 11.9 Å². The number of amides is 1. The number of halogens is 2. The first-order valence-electron chi connectivity index (χ1n) is 6.49. The maximum absolute atomic E-state index is 11.8. The number of carbonyl (C=O) groups is 1. The van der Waals surface area contributed by atoms with E-state index in [0.717, 1.165) is 10.0 Å². The van der Waals surface area contributed by atoms with Gasteiger partial charge in [-0.25, -0.2) is 0 Å². The van der Waals surface area contributed by atoms with E-state index in [-0.39, 0.29) is 6.61 Å². The first-order chi connectivity index (χ1) is 11.1. The van der Waals surface area contributed by atoms with Crippen molar-refractivity contribution in [1.29, 1.82) is 5.26 Å². The molecule has 0 fully saturated rings. The minimum atomic E-state index is -0.434. The van der Waals surface area contributed by atoms with Crippen molar-refractivity contribution in [2.45, 2.75) is 0 Å². The van der Waals surface area contributed by atoms with Crippen LogP contribution in [0.5, 0.6) is 0 Å². The van der Waals surface area contributed by atoms with Crippen molar-refractivity contribution in [3.05, 3.63) is 63.1 Å². The largest absolute Gasteiger partial charge is 0.386 e. The smallest absolute Gasteiger partial charge is 0.265 e. The molecule has 0 radical (unpaired) electrons. The Morgan fingerprint density at radius 2 is 2.09 bits per heavy atom. The van der Waals surface area contributed by atoms with Crippen molar-refractivity contribution in [3.63, 3.8) is 0 Å². The van der Waals surface area contributed by atoms with Crippen LogP contribution in [0, 0.1) is 11.3 Å². The normalized spacial score (nSPS) is 10.3. The molecule has 2 aromatic carbocycles. The molecule has 0 unspecified atom stereocenters. The molecule has 0 heterocycles. The van der Waals surface area contributed by atoms with Gasteiger partial charge in [0, 0.05) is 9.50 Å². The number of carbonyl (C=O) groups excluding carboxylic acids is 1. The Labute approximate surface area is 146 Å². The standard InChI is InChI=1S/C16H11BrClN3O2/c17-13-4-1-11(2-5-13)9-20-23-10-16(22)21-15-7-14(18)6-3-12(15)8-19/h1-7,9H,10H2,(H,21,22)/b20-9-. The molecule has 116 valence electrons. The van der Waals surface area contributed by atoms with E-state index >= 15 is 0 Å². The third-order valence-corrected chi connectivity index (χ3v) is 3.48. The minimum absolute atomic E-state index is 0.273. The Balaban J connectivity index is 1.87. The lowest BCUT2D eigenvalue weighted by molar-refractivity contribution is -0.120. The van der Waals surface area contributed by atoms with Crippen LogP contribution in [-0.4, -0.2) is 18.7 Å². The number of nitriles is 1. The van der Waals surface area contributed by atoms with Crippen LogP contribution >= 0.6 is 27.5 Å². The number of nitrogens with one attached hydrogen (secondary N) is 1. The third-order valence-electron chi connectivity index (χ3n) is 2.72. The Bertz CT molecular complexity index is 770. The van der Waals surface area contributed by atoms with Gasteiger partial charge in [0.15, 0.2) is 6.61 Å². The Morgan fingerprint density at radius 3 is 2.78 bits per heavy atom. The quantitative estimate of drug-likeness (QED) is 0.618. The zero-order valence-electron chi connectivity index (χ0n) is 11.8. The molecule has 0 saturated heterocycles. The van der Waals surface area contributed by atoms with Gasteiger partial charge in [-0.3, -0.25) is 4.79 Å². The average Bonchev–Trinajstić information content (AvgIpc) is 2.53. The summed E-state index contributed by atoms with van der Waals surface area (Å²) in [5.41, 5.74) is 1.50. The van der Waals surface area contributed by atoms with Gasteiger partial charge < -0.3 is 10.2 Å². The molecule has 0 spiro atoms. The molecule has 0 aliphatic carbocycles. The second-order valence-electron chi connectivity index (χ2n) is 4.41. The fourth-order valence-electron chi connectivity index (χ4n) is 1.65. The molecule has 0 atom stereocenters. The van der Waals surface area contributed by atoms with Crippen molar-refractivity contribution < 1.29 is 9.63 Å². The van der Waals surface area contributed by atoms with E-state index < -0.39 is 5.91 Å². The molecular formula is C16H11BrClN3O2. The van der Waals surface area contributed by atoms with Gasteiger partial charge in [0.05, 0.1) is 17.5 Å². The van der Waals surface area contributed by atoms with Crippen molar-refractivity contribution in [3.8, 4) is 6.07 Å². The number of benzene rings is 2. The van der Waals surface area contributed by atoms with E-state index in [4.69, 9.17) is 21.7 Å². The molecule has 1 amide bonds. The SMILES string of the molecule is N#Cc1ccc(Cl)cc1NC(=O)CO/N=C\c1ccc(Br)cc1. The average molecular weight is 393 g/mol. The summed E-state index contributed by atoms with van der Waals surface area (Å²) in [7, 11) is 0. The Morgan fingerprint density at radius 1 is 1.35 bits per heavy atom. The number of hydrogen-bond donors (Lipinski definition) is 1. The van der Waals surface area contributed by atoms with Crippen molar-refractivity contribution >= 4 is 45.3 Å². The van der Waals surface area contributed by atoms with Gasteiger partial charge in [0.1, 0.15) is 6.07 Å². The van der Waals surface area contributed by atoms with E-state index in [9.17, 15) is 4.79 Å². The van der Waals surface area contributed by atoms with Gasteiger partial charge in [-0.05, 0) is 35.9 Å². The van der Waals surface area contributed by atoms with Crippen LogP contribution in [0.3, 0.4) is 0 Å². The summed E-state index contributed by atoms with van der Waals surface area (Å²) in [6, 6.07) is 14.0. The maximum atomic E-state index is 11.8. The highest BCUT2D eigenvalue weighted by atomic mass is 79.9. The van der Waals surface area contributed by atoms with Crippen LogP contribution in [-0.2, 0) is 9.63 Å². The number of hydrogen-bond acceptors (Lipinski definition) is 4. The predicted octanol–water partition coefficient (Wildman–Crippen LogP) is 3.96. The molecule has 2 aromatic rings. The predicted molar refractivity (Wildman–Crippen MR) is 92.5 cm³/mol. The van der Waals surface area contributed by atoms with Crippen LogP contribution in [0.25, 0.3) is 0 Å². The second-order valence-corrected chi connectivity index (χ2v) is 5.76. The summed E-state index contributed by atoms with van der Waals surface area (Å²) in [6.45, 7) is -0.273. The summed E-state index contributed by atoms with van der Waals surface area (Å²) in [6.07, 6.45) is 1.50. The third kappa shape index (κ3) is 5.40. The van der Waals surface area contributed by atoms with E-state index in [0.29, 0.717) is 16.3 Å². The summed E-state index contributed by atoms with van der Waals surface area (Å²) >= 11 is 9.18. The second kappa shape index (κ2) is 8.32. The van der Waals surface area contributed by atoms with Gasteiger partial charge in [0.25, 0.3) is 5.91 Å². The van der Waals surface area contributed by atoms with Crippen molar-refractivity contribution in [1.82, 2.24) is 0 Å². The van der Waals surface area contributed by atoms with E-state index in [1.165, 1.54) is 18.3 Å². The molecule has 0 aliphatic heterocycles. The van der Waals surface area contributed by atoms with Gasteiger partial charge >= 0.3 is 0 Å². The van der Waals surface area contributed by atoms with Crippen LogP contribution in [0.2, 0.25) is 5.02 Å². The highest BCUT2D eigenvalue weighted by molar-refractivity contribution is 9.10. The lowest BCUT2D eigenvalue weighted by Gasteiger charge is -2.06. The number of nitrogens with zero attached hydrogens (tertiary/aromatic N) is 2. The van der Waals surface area contributed by atoms with Gasteiger partial charge in [-0.15, -0.1) is 0 Å². The molecule has 1 N–H and O–H groups in total. The molecule has 2 rings (SSSR count). The fourth-order valence-corrected chi connectivity index (χ4v) is 2.08. The lowest BCUT2D eigenvalue weighted by Crippen LogP contribution is -2.17. The fraction of sp³-hybridized carbons (Fsp3) is 0.0625. The molecule has 23 heavy (non-hydrogen) atoms. The van der Waals surface area contributed by atoms with E-state index in [1.807, 2.05) is 30.3 Å². The topological polar surface area (TPSA) is 74.5 Å². The Kier molecular flexibility index (Phi) is 6.15. The highest BCUT2D eigenvalue weighted by Crippen LogP contribution is 2.20.